The van der Waals surface area contributed by atoms with E-state index in [-0.39, 0.29) is 5.91 Å². The lowest BCUT2D eigenvalue weighted by atomic mass is 10.1. The van der Waals surface area contributed by atoms with Crippen molar-refractivity contribution in [1.29, 1.82) is 0 Å². The van der Waals surface area contributed by atoms with E-state index in [4.69, 9.17) is 4.74 Å². The summed E-state index contributed by atoms with van der Waals surface area (Å²) in [5, 5.41) is 0. The maximum atomic E-state index is 12.0. The van der Waals surface area contributed by atoms with Gasteiger partial charge in [-0.15, -0.1) is 0 Å². The number of esters is 1. The Labute approximate surface area is 119 Å². The van der Waals surface area contributed by atoms with Crippen LogP contribution < -0.4 is 4.90 Å². The van der Waals surface area contributed by atoms with Crippen LogP contribution in [0.15, 0.2) is 30.4 Å². The lowest BCUT2D eigenvalue weighted by Gasteiger charge is -2.16. The Morgan fingerprint density at radius 2 is 2.00 bits per heavy atom. The molecule has 0 atom stereocenters. The minimum Gasteiger partial charge on any atom is -0.463 e. The summed E-state index contributed by atoms with van der Waals surface area (Å²) >= 11 is 0. The van der Waals surface area contributed by atoms with E-state index in [0.29, 0.717) is 6.61 Å². The van der Waals surface area contributed by atoms with Crippen molar-refractivity contribution in [2.75, 3.05) is 18.6 Å². The van der Waals surface area contributed by atoms with E-state index in [1.54, 1.807) is 14.0 Å². The summed E-state index contributed by atoms with van der Waals surface area (Å²) in [5.74, 6) is -0.737. The van der Waals surface area contributed by atoms with Gasteiger partial charge in [-0.05, 0) is 49.4 Å². The smallest absolute Gasteiger partial charge is 0.330 e. The summed E-state index contributed by atoms with van der Waals surface area (Å²) in [4.78, 5) is 24.7. The Morgan fingerprint density at radius 1 is 1.25 bits per heavy atom. The van der Waals surface area contributed by atoms with Crippen LogP contribution in [0.4, 0.5) is 5.69 Å². The number of amides is 1. The highest BCUT2D eigenvalue weighted by Crippen LogP contribution is 2.26. The number of aryl methyl sites for hydroxylation is 2. The highest BCUT2D eigenvalue weighted by molar-refractivity contribution is 6.03. The first-order chi connectivity index (χ1) is 9.61. The number of anilines is 1. The van der Waals surface area contributed by atoms with Crippen LogP contribution >= 0.6 is 0 Å². The molecule has 0 heterocycles. The van der Waals surface area contributed by atoms with Crippen molar-refractivity contribution in [3.05, 3.63) is 41.5 Å². The molecule has 1 aliphatic rings. The van der Waals surface area contributed by atoms with Gasteiger partial charge in [-0.3, -0.25) is 4.79 Å². The van der Waals surface area contributed by atoms with Crippen LogP contribution in [-0.4, -0.2) is 25.5 Å². The second-order valence-corrected chi connectivity index (χ2v) is 4.79. The first kappa shape index (κ1) is 14.3. The van der Waals surface area contributed by atoms with Gasteiger partial charge in [0.05, 0.1) is 6.61 Å². The molecule has 0 aromatic heterocycles. The fraction of sp³-hybridized carbons (Fsp3) is 0.375. The second-order valence-electron chi connectivity index (χ2n) is 4.79. The molecule has 20 heavy (non-hydrogen) atoms. The van der Waals surface area contributed by atoms with Gasteiger partial charge in [-0.25, -0.2) is 4.79 Å². The van der Waals surface area contributed by atoms with Crippen molar-refractivity contribution >= 4 is 17.6 Å². The lowest BCUT2D eigenvalue weighted by molar-refractivity contribution is -0.137. The van der Waals surface area contributed by atoms with Gasteiger partial charge in [-0.1, -0.05) is 6.07 Å². The summed E-state index contributed by atoms with van der Waals surface area (Å²) in [6, 6.07) is 6.08. The molecule has 1 aromatic rings. The molecule has 0 unspecified atom stereocenters. The van der Waals surface area contributed by atoms with Gasteiger partial charge in [0.15, 0.2) is 0 Å². The molecule has 0 bridgehead atoms. The average molecular weight is 273 g/mol. The van der Waals surface area contributed by atoms with E-state index in [1.165, 1.54) is 28.5 Å². The maximum absolute atomic E-state index is 12.0. The first-order valence-electron chi connectivity index (χ1n) is 6.86. The molecular weight excluding hydrogens is 254 g/mol. The molecule has 4 heteroatoms. The fourth-order valence-electron chi connectivity index (χ4n) is 2.34. The molecule has 0 fully saturated rings. The Balaban J connectivity index is 2.05. The first-order valence-corrected chi connectivity index (χ1v) is 6.86. The molecule has 4 nitrogen and oxygen atoms in total. The third-order valence-electron chi connectivity index (χ3n) is 3.45. The molecule has 1 amide bonds. The normalized spacial score (nSPS) is 13.3. The van der Waals surface area contributed by atoms with Gasteiger partial charge in [0.2, 0.25) is 0 Å². The number of hydrogen-bond acceptors (Lipinski definition) is 3. The highest BCUT2D eigenvalue weighted by Gasteiger charge is 2.14. The van der Waals surface area contributed by atoms with Gasteiger partial charge >= 0.3 is 5.97 Å². The van der Waals surface area contributed by atoms with E-state index in [2.05, 4.69) is 12.1 Å². The largest absolute Gasteiger partial charge is 0.463 e. The topological polar surface area (TPSA) is 46.6 Å². The number of hydrogen-bond donors (Lipinski definition) is 0. The zero-order valence-electron chi connectivity index (χ0n) is 11.9. The van der Waals surface area contributed by atoms with Crippen LogP contribution in [0, 0.1) is 0 Å². The van der Waals surface area contributed by atoms with Crippen molar-refractivity contribution in [1.82, 2.24) is 0 Å². The van der Waals surface area contributed by atoms with Crippen LogP contribution in [0.1, 0.15) is 24.5 Å². The van der Waals surface area contributed by atoms with Crippen LogP contribution in [0.5, 0.6) is 0 Å². The SMILES string of the molecule is CCOC(=O)/C=C\C(=O)N(C)c1ccc2c(c1)CCC2. The highest BCUT2D eigenvalue weighted by atomic mass is 16.5. The van der Waals surface area contributed by atoms with Crippen LogP contribution in [-0.2, 0) is 27.2 Å². The number of nitrogens with zero attached hydrogens (tertiary/aromatic N) is 1. The van der Waals surface area contributed by atoms with Crippen molar-refractivity contribution in [2.24, 2.45) is 0 Å². The predicted molar refractivity (Wildman–Crippen MR) is 77.7 cm³/mol. The molecule has 0 spiro atoms. The number of rotatable bonds is 4. The summed E-state index contributed by atoms with van der Waals surface area (Å²) in [5.41, 5.74) is 3.54. The van der Waals surface area contributed by atoms with E-state index in [0.717, 1.165) is 24.6 Å². The van der Waals surface area contributed by atoms with E-state index >= 15 is 0 Å². The summed E-state index contributed by atoms with van der Waals surface area (Å²) in [6.45, 7) is 2.03. The molecule has 1 aromatic carbocycles. The van der Waals surface area contributed by atoms with Gasteiger partial charge in [-0.2, -0.15) is 0 Å². The number of carbonyl (C=O) groups is 2. The van der Waals surface area contributed by atoms with Crippen molar-refractivity contribution in [3.63, 3.8) is 0 Å². The fourth-order valence-corrected chi connectivity index (χ4v) is 2.34. The van der Waals surface area contributed by atoms with Crippen LogP contribution in [0.25, 0.3) is 0 Å². The van der Waals surface area contributed by atoms with E-state index < -0.39 is 5.97 Å². The lowest BCUT2D eigenvalue weighted by Crippen LogP contribution is -2.24. The molecular formula is C16H19NO3. The monoisotopic (exact) mass is 273 g/mol. The van der Waals surface area contributed by atoms with Crippen LogP contribution in [0.3, 0.4) is 0 Å². The van der Waals surface area contributed by atoms with Gasteiger partial charge in [0.1, 0.15) is 0 Å². The predicted octanol–water partition coefficient (Wildman–Crippen LogP) is 2.26. The van der Waals surface area contributed by atoms with E-state index in [1.807, 2.05) is 6.07 Å². The van der Waals surface area contributed by atoms with Crippen molar-refractivity contribution in [2.45, 2.75) is 26.2 Å². The standard InChI is InChI=1S/C16H19NO3/c1-3-20-16(19)10-9-15(18)17(2)14-8-7-12-5-4-6-13(12)11-14/h7-11H,3-6H2,1-2H3/b10-9-. The summed E-state index contributed by atoms with van der Waals surface area (Å²) < 4.78 is 4.74. The Bertz CT molecular complexity index is 549. The number of benzene rings is 1. The molecule has 106 valence electrons. The Morgan fingerprint density at radius 3 is 2.75 bits per heavy atom. The maximum Gasteiger partial charge on any atom is 0.330 e. The quantitative estimate of drug-likeness (QED) is 0.624. The van der Waals surface area contributed by atoms with Crippen molar-refractivity contribution < 1.29 is 14.3 Å². The Hall–Kier alpha value is -2.10. The molecule has 1 aliphatic carbocycles. The second kappa shape index (κ2) is 6.37. The molecule has 0 saturated heterocycles. The van der Waals surface area contributed by atoms with Gasteiger partial charge in [0.25, 0.3) is 5.91 Å². The minimum atomic E-state index is -0.497. The number of likely N-dealkylation sites (N-methyl/N-ethyl adjacent to an activating group) is 1. The van der Waals surface area contributed by atoms with E-state index in [9.17, 15) is 9.59 Å². The molecule has 2 rings (SSSR count). The molecule has 0 radical (unpaired) electrons. The van der Waals surface area contributed by atoms with Crippen LogP contribution in [0.2, 0.25) is 0 Å². The van der Waals surface area contributed by atoms with Crippen molar-refractivity contribution in [3.8, 4) is 0 Å². The van der Waals surface area contributed by atoms with Gasteiger partial charge < -0.3 is 9.64 Å². The molecule has 0 N–H and O–H groups in total. The minimum absolute atomic E-state index is 0.240. The zero-order chi connectivity index (χ0) is 14.5. The number of fused-ring (bicyclic) bond motifs is 1. The average Bonchev–Trinajstić information content (AvgIpc) is 2.91. The third kappa shape index (κ3) is 3.26. The molecule has 0 aliphatic heterocycles. The Kier molecular flexibility index (Phi) is 4.56. The zero-order valence-corrected chi connectivity index (χ0v) is 11.9. The van der Waals surface area contributed by atoms with Gasteiger partial charge in [0, 0.05) is 24.9 Å². The molecule has 0 saturated carbocycles. The number of carbonyl (C=O) groups excluding carboxylic acids is 2. The summed E-state index contributed by atoms with van der Waals surface area (Å²) in [6.07, 6.45) is 5.78. The third-order valence-corrected chi connectivity index (χ3v) is 3.45. The summed E-state index contributed by atoms with van der Waals surface area (Å²) in [7, 11) is 1.70. The number of ether oxygens (including phenoxy) is 1.